The average Bonchev–Trinajstić information content (AvgIpc) is 2.70. The fraction of sp³-hybridized carbons (Fsp3) is 0.333. The summed E-state index contributed by atoms with van der Waals surface area (Å²) in [4.78, 5) is 24.6. The predicted octanol–water partition coefficient (Wildman–Crippen LogP) is 4.41. The number of benzene rings is 2. The van der Waals surface area contributed by atoms with Crippen molar-refractivity contribution in [2.75, 3.05) is 5.32 Å². The molecule has 0 bridgehead atoms. The van der Waals surface area contributed by atoms with Gasteiger partial charge in [0.15, 0.2) is 0 Å². The quantitative estimate of drug-likeness (QED) is 0.580. The van der Waals surface area contributed by atoms with E-state index in [1.165, 1.54) is 24.3 Å². The molecule has 2 aromatic rings. The van der Waals surface area contributed by atoms with Crippen LogP contribution >= 0.6 is 11.6 Å². The van der Waals surface area contributed by atoms with Crippen LogP contribution in [0.5, 0.6) is 0 Å². The summed E-state index contributed by atoms with van der Waals surface area (Å²) < 4.78 is 13.0. The van der Waals surface area contributed by atoms with E-state index in [1.54, 1.807) is 6.07 Å². The molecular formula is C21H24ClFN4O2. The molecule has 29 heavy (non-hydrogen) atoms. The lowest BCUT2D eigenvalue weighted by molar-refractivity contribution is 0.218. The smallest absolute Gasteiger partial charge is 0.319 e. The molecule has 0 saturated heterocycles. The summed E-state index contributed by atoms with van der Waals surface area (Å²) in [6.07, 6.45) is 3.50. The monoisotopic (exact) mass is 418 g/mol. The average molecular weight is 419 g/mol. The Hall–Kier alpha value is -2.80. The van der Waals surface area contributed by atoms with Crippen LogP contribution in [0, 0.1) is 5.82 Å². The van der Waals surface area contributed by atoms with Crippen molar-refractivity contribution < 1.29 is 14.0 Å². The second kappa shape index (κ2) is 10.1. The molecule has 1 fully saturated rings. The van der Waals surface area contributed by atoms with Gasteiger partial charge in [-0.25, -0.2) is 14.0 Å². The van der Waals surface area contributed by atoms with Gasteiger partial charge in [0.05, 0.1) is 12.1 Å². The highest BCUT2D eigenvalue weighted by molar-refractivity contribution is 6.31. The molecule has 0 aliphatic heterocycles. The van der Waals surface area contributed by atoms with Crippen LogP contribution in [0.4, 0.5) is 19.7 Å². The van der Waals surface area contributed by atoms with Crippen LogP contribution < -0.4 is 21.3 Å². The van der Waals surface area contributed by atoms with E-state index in [0.29, 0.717) is 17.3 Å². The lowest BCUT2D eigenvalue weighted by atomic mass is 9.90. The number of anilines is 1. The molecule has 2 aromatic carbocycles. The van der Waals surface area contributed by atoms with Crippen LogP contribution in [-0.2, 0) is 6.54 Å². The SMILES string of the molecule is O=C(NCc1ccccc1Cl)NC1CCCCC1NC(=O)Nc1ccc(F)cc1. The number of carbonyl (C=O) groups is 2. The zero-order valence-corrected chi connectivity index (χ0v) is 16.6. The van der Waals surface area contributed by atoms with Crippen LogP contribution in [0.25, 0.3) is 0 Å². The van der Waals surface area contributed by atoms with Crippen molar-refractivity contribution in [1.82, 2.24) is 16.0 Å². The molecule has 0 radical (unpaired) electrons. The second-order valence-corrected chi connectivity index (χ2v) is 7.43. The maximum Gasteiger partial charge on any atom is 0.319 e. The normalized spacial score (nSPS) is 18.6. The van der Waals surface area contributed by atoms with Crippen molar-refractivity contribution in [1.29, 1.82) is 0 Å². The fourth-order valence-electron chi connectivity index (χ4n) is 3.38. The third-order valence-corrected chi connectivity index (χ3v) is 5.27. The predicted molar refractivity (Wildman–Crippen MR) is 111 cm³/mol. The zero-order chi connectivity index (χ0) is 20.6. The van der Waals surface area contributed by atoms with Crippen LogP contribution in [-0.4, -0.2) is 24.1 Å². The highest BCUT2D eigenvalue weighted by Gasteiger charge is 2.27. The molecule has 1 aliphatic rings. The molecule has 0 heterocycles. The van der Waals surface area contributed by atoms with Crippen LogP contribution in [0.1, 0.15) is 31.2 Å². The standard InChI is InChI=1S/C21H24ClFN4O2/c22-17-6-2-1-5-14(17)13-24-20(28)26-18-7-3-4-8-19(18)27-21(29)25-16-11-9-15(23)10-12-16/h1-2,5-6,9-12,18-19H,3-4,7-8,13H2,(H2,24,26,28)(H2,25,27,29). The summed E-state index contributed by atoms with van der Waals surface area (Å²) >= 11 is 6.11. The number of nitrogens with one attached hydrogen (secondary N) is 4. The Morgan fingerprint density at radius 2 is 1.55 bits per heavy atom. The highest BCUT2D eigenvalue weighted by Crippen LogP contribution is 2.19. The third kappa shape index (κ3) is 6.35. The first kappa shape index (κ1) is 20.9. The molecule has 1 saturated carbocycles. The molecule has 4 amide bonds. The van der Waals surface area contributed by atoms with Crippen LogP contribution in [0.3, 0.4) is 0 Å². The van der Waals surface area contributed by atoms with Gasteiger partial charge in [-0.3, -0.25) is 0 Å². The third-order valence-electron chi connectivity index (χ3n) is 4.90. The Morgan fingerprint density at radius 1 is 0.931 bits per heavy atom. The van der Waals surface area contributed by atoms with E-state index in [0.717, 1.165) is 31.2 Å². The van der Waals surface area contributed by atoms with Crippen molar-refractivity contribution in [3.8, 4) is 0 Å². The van der Waals surface area contributed by atoms with Crippen molar-refractivity contribution in [2.45, 2.75) is 44.3 Å². The lowest BCUT2D eigenvalue weighted by Crippen LogP contribution is -2.55. The van der Waals surface area contributed by atoms with Crippen molar-refractivity contribution in [3.05, 3.63) is 64.9 Å². The minimum Gasteiger partial charge on any atom is -0.334 e. The Labute approximate surface area is 174 Å². The largest absolute Gasteiger partial charge is 0.334 e. The second-order valence-electron chi connectivity index (χ2n) is 7.02. The van der Waals surface area contributed by atoms with E-state index in [1.807, 2.05) is 18.2 Å². The van der Waals surface area contributed by atoms with E-state index in [2.05, 4.69) is 21.3 Å². The first-order chi connectivity index (χ1) is 14.0. The van der Waals surface area contributed by atoms with Gasteiger partial charge in [-0.1, -0.05) is 42.6 Å². The number of carbonyl (C=O) groups excluding carboxylic acids is 2. The van der Waals surface area contributed by atoms with E-state index in [9.17, 15) is 14.0 Å². The molecule has 4 N–H and O–H groups in total. The summed E-state index contributed by atoms with van der Waals surface area (Å²) in [7, 11) is 0. The molecule has 0 aromatic heterocycles. The van der Waals surface area contributed by atoms with Gasteiger partial charge >= 0.3 is 12.1 Å². The fourth-order valence-corrected chi connectivity index (χ4v) is 3.58. The number of hydrogen-bond donors (Lipinski definition) is 4. The van der Waals surface area contributed by atoms with Crippen LogP contribution in [0.15, 0.2) is 48.5 Å². The van der Waals surface area contributed by atoms with E-state index in [-0.39, 0.29) is 30.0 Å². The maximum atomic E-state index is 13.0. The minimum absolute atomic E-state index is 0.172. The molecule has 0 spiro atoms. The van der Waals surface area contributed by atoms with Crippen molar-refractivity contribution in [2.24, 2.45) is 0 Å². The molecule has 3 rings (SSSR count). The molecule has 154 valence electrons. The van der Waals surface area contributed by atoms with E-state index >= 15 is 0 Å². The number of urea groups is 2. The topological polar surface area (TPSA) is 82.3 Å². The van der Waals surface area contributed by atoms with Gasteiger partial charge in [-0.05, 0) is 48.7 Å². The first-order valence-electron chi connectivity index (χ1n) is 9.62. The number of halogens is 2. The van der Waals surface area contributed by atoms with Gasteiger partial charge < -0.3 is 21.3 Å². The summed E-state index contributed by atoms with van der Waals surface area (Å²) in [5.41, 5.74) is 1.34. The van der Waals surface area contributed by atoms with Gasteiger partial charge in [0.1, 0.15) is 5.82 Å². The zero-order valence-electron chi connectivity index (χ0n) is 15.9. The molecule has 6 nitrogen and oxygen atoms in total. The van der Waals surface area contributed by atoms with Gasteiger partial charge in [0.25, 0.3) is 0 Å². The number of amides is 4. The van der Waals surface area contributed by atoms with Crippen molar-refractivity contribution in [3.63, 3.8) is 0 Å². The van der Waals surface area contributed by atoms with E-state index in [4.69, 9.17) is 11.6 Å². The molecular weight excluding hydrogens is 395 g/mol. The summed E-state index contributed by atoms with van der Waals surface area (Å²) in [6, 6.07) is 11.8. The van der Waals surface area contributed by atoms with Crippen LogP contribution in [0.2, 0.25) is 5.02 Å². The van der Waals surface area contributed by atoms with Gasteiger partial charge in [-0.2, -0.15) is 0 Å². The first-order valence-corrected chi connectivity index (χ1v) is 10.00. The van der Waals surface area contributed by atoms with E-state index < -0.39 is 0 Å². The Bertz CT molecular complexity index is 847. The number of rotatable bonds is 5. The maximum absolute atomic E-state index is 13.0. The molecule has 1 aliphatic carbocycles. The van der Waals surface area contributed by atoms with Crippen molar-refractivity contribution >= 4 is 29.4 Å². The summed E-state index contributed by atoms with van der Waals surface area (Å²) in [6.45, 7) is 0.321. The molecule has 8 heteroatoms. The lowest BCUT2D eigenvalue weighted by Gasteiger charge is -2.32. The summed E-state index contributed by atoms with van der Waals surface area (Å²) in [5.74, 6) is -0.365. The Balaban J connectivity index is 1.50. The van der Waals surface area contributed by atoms with Gasteiger partial charge in [-0.15, -0.1) is 0 Å². The molecule has 2 atom stereocenters. The van der Waals surface area contributed by atoms with Gasteiger partial charge in [0.2, 0.25) is 0 Å². The summed E-state index contributed by atoms with van der Waals surface area (Å²) in [5, 5.41) is 12.0. The molecule has 2 unspecified atom stereocenters. The number of hydrogen-bond acceptors (Lipinski definition) is 2. The minimum atomic E-state index is -0.383. The Kier molecular flexibility index (Phi) is 7.30. The highest BCUT2D eigenvalue weighted by atomic mass is 35.5. The Morgan fingerprint density at radius 3 is 2.21 bits per heavy atom. The van der Waals surface area contributed by atoms with Gasteiger partial charge in [0, 0.05) is 17.3 Å².